The molecule has 9 heteroatoms. The summed E-state index contributed by atoms with van der Waals surface area (Å²) in [7, 11) is 0. The molecule has 0 unspecified atom stereocenters. The molecule has 1 heterocycles. The Bertz CT molecular complexity index is 1120. The first-order valence-electron chi connectivity index (χ1n) is 10.6. The number of hydrogen-bond donors (Lipinski definition) is 3. The van der Waals surface area contributed by atoms with E-state index in [-0.39, 0.29) is 25.1 Å². The van der Waals surface area contributed by atoms with Gasteiger partial charge >= 0.3 is 11.8 Å². The number of amides is 3. The normalized spacial score (nSPS) is 11.4. The number of hydrazone groups is 1. The lowest BCUT2D eigenvalue weighted by molar-refractivity contribution is -0.139. The second-order valence-electron chi connectivity index (χ2n) is 7.29. The van der Waals surface area contributed by atoms with Gasteiger partial charge in [0.05, 0.1) is 12.3 Å². The Morgan fingerprint density at radius 1 is 0.971 bits per heavy atom. The molecule has 1 atom stereocenters. The van der Waals surface area contributed by atoms with Crippen LogP contribution >= 0.6 is 0 Å². The number of rotatable bonds is 9. The van der Waals surface area contributed by atoms with E-state index in [1.54, 1.807) is 48.8 Å². The zero-order valence-electron chi connectivity index (χ0n) is 18.6. The summed E-state index contributed by atoms with van der Waals surface area (Å²) in [5, 5.41) is 9.16. The molecule has 0 fully saturated rings. The monoisotopic (exact) mass is 459 g/mol. The van der Waals surface area contributed by atoms with Crippen molar-refractivity contribution < 1.29 is 19.1 Å². The second-order valence-corrected chi connectivity index (χ2v) is 7.29. The third kappa shape index (κ3) is 7.86. The first-order valence-corrected chi connectivity index (χ1v) is 10.6. The van der Waals surface area contributed by atoms with Gasteiger partial charge in [0.25, 0.3) is 5.91 Å². The van der Waals surface area contributed by atoms with Crippen molar-refractivity contribution in [3.05, 3.63) is 95.8 Å². The highest BCUT2D eigenvalue weighted by molar-refractivity contribution is 6.35. The third-order valence-electron chi connectivity index (χ3n) is 4.72. The highest BCUT2D eigenvalue weighted by atomic mass is 16.5. The van der Waals surface area contributed by atoms with Crippen molar-refractivity contribution in [1.29, 1.82) is 0 Å². The fourth-order valence-corrected chi connectivity index (χ4v) is 2.89. The van der Waals surface area contributed by atoms with Crippen LogP contribution in [0, 0.1) is 0 Å². The Morgan fingerprint density at radius 3 is 2.38 bits per heavy atom. The van der Waals surface area contributed by atoms with Crippen LogP contribution in [0.4, 0.5) is 0 Å². The number of pyridine rings is 1. The lowest BCUT2D eigenvalue weighted by atomic mass is 10.1. The summed E-state index contributed by atoms with van der Waals surface area (Å²) < 4.78 is 5.51. The van der Waals surface area contributed by atoms with Crippen LogP contribution < -0.4 is 20.8 Å². The van der Waals surface area contributed by atoms with Crippen molar-refractivity contribution in [2.75, 3.05) is 6.61 Å². The van der Waals surface area contributed by atoms with Crippen LogP contribution in [0.1, 0.15) is 29.7 Å². The molecule has 3 aromatic rings. The molecule has 0 spiro atoms. The number of benzene rings is 2. The standard InChI is InChI=1S/C25H25N5O4/c1-18(21-5-3-2-4-6-21)29-23(31)17-34-22-9-7-19(8-10-22)16-28-30-25(33)24(32)27-15-20-11-13-26-14-12-20/h2-14,16,18H,15,17H2,1H3,(H,27,32)(H,29,31)(H,30,33)/b28-16-/t18-/m0/s1. The van der Waals surface area contributed by atoms with Crippen molar-refractivity contribution in [2.24, 2.45) is 5.10 Å². The van der Waals surface area contributed by atoms with Crippen LogP contribution in [0.25, 0.3) is 0 Å². The van der Waals surface area contributed by atoms with Crippen LogP contribution in [0.2, 0.25) is 0 Å². The number of nitrogens with one attached hydrogen (secondary N) is 3. The van der Waals surface area contributed by atoms with E-state index in [1.807, 2.05) is 37.3 Å². The number of ether oxygens (including phenoxy) is 1. The topological polar surface area (TPSA) is 122 Å². The van der Waals surface area contributed by atoms with Gasteiger partial charge < -0.3 is 15.4 Å². The number of nitrogens with zero attached hydrogens (tertiary/aromatic N) is 2. The van der Waals surface area contributed by atoms with Gasteiger partial charge in [-0.2, -0.15) is 5.10 Å². The van der Waals surface area contributed by atoms with Crippen LogP contribution in [0.3, 0.4) is 0 Å². The molecule has 3 rings (SSSR count). The van der Waals surface area contributed by atoms with Gasteiger partial charge in [0.15, 0.2) is 6.61 Å². The summed E-state index contributed by atoms with van der Waals surface area (Å²) >= 11 is 0. The predicted octanol–water partition coefficient (Wildman–Crippen LogP) is 2.10. The Balaban J connectivity index is 1.38. The molecule has 1 aromatic heterocycles. The zero-order chi connectivity index (χ0) is 24.2. The Hall–Kier alpha value is -4.53. The number of carbonyl (C=O) groups excluding carboxylic acids is 3. The summed E-state index contributed by atoms with van der Waals surface area (Å²) in [6.45, 7) is 2.00. The zero-order valence-corrected chi connectivity index (χ0v) is 18.6. The average molecular weight is 460 g/mol. The molecule has 174 valence electrons. The summed E-state index contributed by atoms with van der Waals surface area (Å²) in [4.78, 5) is 39.6. The molecule has 2 aromatic carbocycles. The van der Waals surface area contributed by atoms with Crippen molar-refractivity contribution in [2.45, 2.75) is 19.5 Å². The molecular formula is C25H25N5O4. The minimum absolute atomic E-state index is 0.116. The predicted molar refractivity (Wildman–Crippen MR) is 127 cm³/mol. The molecule has 3 amide bonds. The summed E-state index contributed by atoms with van der Waals surface area (Å²) in [6, 6.07) is 19.8. The molecule has 0 aliphatic carbocycles. The maximum absolute atomic E-state index is 12.1. The minimum Gasteiger partial charge on any atom is -0.484 e. The van der Waals surface area contributed by atoms with E-state index in [0.717, 1.165) is 11.1 Å². The average Bonchev–Trinajstić information content (AvgIpc) is 2.87. The van der Waals surface area contributed by atoms with Gasteiger partial charge in [0, 0.05) is 18.9 Å². The van der Waals surface area contributed by atoms with Crippen LogP contribution in [-0.2, 0) is 20.9 Å². The fraction of sp³-hybridized carbons (Fsp3) is 0.160. The maximum atomic E-state index is 12.1. The van der Waals surface area contributed by atoms with Gasteiger partial charge in [-0.15, -0.1) is 0 Å². The largest absolute Gasteiger partial charge is 0.484 e. The SMILES string of the molecule is C[C@H](NC(=O)COc1ccc(/C=N\NC(=O)C(=O)NCc2ccncc2)cc1)c1ccccc1. The van der Waals surface area contributed by atoms with E-state index < -0.39 is 11.8 Å². The molecule has 0 saturated heterocycles. The number of aromatic nitrogens is 1. The molecule has 0 radical (unpaired) electrons. The van der Waals surface area contributed by atoms with E-state index >= 15 is 0 Å². The van der Waals surface area contributed by atoms with E-state index in [2.05, 4.69) is 26.1 Å². The molecule has 0 aliphatic heterocycles. The number of hydrogen-bond acceptors (Lipinski definition) is 6. The Kier molecular flexibility index (Phi) is 8.86. The Morgan fingerprint density at radius 2 is 1.68 bits per heavy atom. The highest BCUT2D eigenvalue weighted by Crippen LogP contribution is 2.13. The van der Waals surface area contributed by atoms with Gasteiger partial charge in [-0.05, 0) is 60.0 Å². The van der Waals surface area contributed by atoms with Gasteiger partial charge in [0.1, 0.15) is 5.75 Å². The van der Waals surface area contributed by atoms with E-state index in [4.69, 9.17) is 4.74 Å². The smallest absolute Gasteiger partial charge is 0.329 e. The van der Waals surface area contributed by atoms with E-state index in [1.165, 1.54) is 6.21 Å². The van der Waals surface area contributed by atoms with Crippen LogP contribution in [0.5, 0.6) is 5.75 Å². The second kappa shape index (κ2) is 12.5. The minimum atomic E-state index is -0.874. The molecule has 0 bridgehead atoms. The molecule has 3 N–H and O–H groups in total. The summed E-state index contributed by atoms with van der Waals surface area (Å²) in [6.07, 6.45) is 4.60. The third-order valence-corrected chi connectivity index (χ3v) is 4.72. The summed E-state index contributed by atoms with van der Waals surface area (Å²) in [5.74, 6) is -1.38. The number of carbonyl (C=O) groups is 3. The van der Waals surface area contributed by atoms with E-state index in [9.17, 15) is 14.4 Å². The van der Waals surface area contributed by atoms with Gasteiger partial charge in [-0.25, -0.2) is 5.43 Å². The maximum Gasteiger partial charge on any atom is 0.329 e. The van der Waals surface area contributed by atoms with Crippen LogP contribution in [-0.4, -0.2) is 35.5 Å². The van der Waals surface area contributed by atoms with Crippen LogP contribution in [0.15, 0.2) is 84.2 Å². The first-order chi connectivity index (χ1) is 16.5. The quantitative estimate of drug-likeness (QED) is 0.257. The fourth-order valence-electron chi connectivity index (χ4n) is 2.89. The van der Waals surface area contributed by atoms with Crippen molar-refractivity contribution in [1.82, 2.24) is 21.0 Å². The Labute approximate surface area is 197 Å². The molecule has 9 nitrogen and oxygen atoms in total. The highest BCUT2D eigenvalue weighted by Gasteiger charge is 2.12. The molecule has 0 aliphatic rings. The lowest BCUT2D eigenvalue weighted by Gasteiger charge is -2.14. The lowest BCUT2D eigenvalue weighted by Crippen LogP contribution is -2.37. The van der Waals surface area contributed by atoms with Crippen molar-refractivity contribution in [3.8, 4) is 5.75 Å². The van der Waals surface area contributed by atoms with Crippen molar-refractivity contribution >= 4 is 23.9 Å². The van der Waals surface area contributed by atoms with E-state index in [0.29, 0.717) is 11.3 Å². The molecule has 34 heavy (non-hydrogen) atoms. The molecular weight excluding hydrogens is 434 g/mol. The van der Waals surface area contributed by atoms with Gasteiger partial charge in [-0.3, -0.25) is 19.4 Å². The first kappa shape index (κ1) is 24.1. The van der Waals surface area contributed by atoms with Gasteiger partial charge in [0.2, 0.25) is 0 Å². The van der Waals surface area contributed by atoms with Crippen molar-refractivity contribution in [3.63, 3.8) is 0 Å². The summed E-state index contributed by atoms with van der Waals surface area (Å²) in [5.41, 5.74) is 4.68. The van der Waals surface area contributed by atoms with Gasteiger partial charge in [-0.1, -0.05) is 30.3 Å². The molecule has 0 saturated carbocycles.